The normalized spacial score (nSPS) is 18.7. The zero-order valence-corrected chi connectivity index (χ0v) is 19.3. The second-order valence-corrected chi connectivity index (χ2v) is 8.15. The third-order valence-electron chi connectivity index (χ3n) is 5.50. The van der Waals surface area contributed by atoms with Gasteiger partial charge in [-0.05, 0) is 25.2 Å². The van der Waals surface area contributed by atoms with Crippen LogP contribution in [0.2, 0.25) is 0 Å². The number of fused-ring (bicyclic) bond motifs is 1. The molecule has 1 aliphatic carbocycles. The number of hydrogen-bond acceptors (Lipinski definition) is 7. The van der Waals surface area contributed by atoms with Crippen LogP contribution in [0.3, 0.4) is 0 Å². The number of alkyl halides is 2. The average molecular weight is 505 g/mol. The van der Waals surface area contributed by atoms with E-state index < -0.39 is 17.9 Å². The van der Waals surface area contributed by atoms with Crippen molar-refractivity contribution < 1.29 is 23.0 Å². The molecule has 0 amide bonds. The monoisotopic (exact) mass is 504 g/mol. The molecule has 4 rings (SSSR count). The minimum Gasteiger partial charge on any atom is -0.394 e. The Bertz CT molecular complexity index is 1350. The maximum atomic E-state index is 14.3. The Morgan fingerprint density at radius 2 is 2.17 bits per heavy atom. The Kier molecular flexibility index (Phi) is 7.07. The number of allylic oxidation sites excluding steroid dienone is 5. The van der Waals surface area contributed by atoms with Gasteiger partial charge in [0.1, 0.15) is 29.0 Å². The van der Waals surface area contributed by atoms with Gasteiger partial charge in [0, 0.05) is 30.4 Å². The van der Waals surface area contributed by atoms with Crippen molar-refractivity contribution in [2.24, 2.45) is 4.99 Å². The predicted octanol–water partition coefficient (Wildman–Crippen LogP) is 4.00. The first-order valence-electron chi connectivity index (χ1n) is 10.5. The molecule has 0 bridgehead atoms. The standard InChI is InChI=1S/C23H20ClF3N6O2/c1-3-29-19-8-17(24)18(25)7-13(19)6-15-12(2)30-22-16(9-28)20(21(26)27)31-33(22)23(15)32-10-14(11-32)35-5-4-34/h3,6-8,14,21,34H,1,4-5,10-11H2,2H3/b13-6+,29-19?. The molecule has 0 atom stereocenters. The Labute approximate surface area is 203 Å². The summed E-state index contributed by atoms with van der Waals surface area (Å²) < 4.78 is 48.4. The maximum Gasteiger partial charge on any atom is 0.283 e. The quantitative estimate of drug-likeness (QED) is 0.612. The van der Waals surface area contributed by atoms with Crippen LogP contribution in [0.25, 0.3) is 11.7 Å². The van der Waals surface area contributed by atoms with Crippen LogP contribution in [-0.4, -0.2) is 57.8 Å². The van der Waals surface area contributed by atoms with E-state index >= 15 is 0 Å². The van der Waals surface area contributed by atoms with Gasteiger partial charge in [-0.15, -0.1) is 0 Å². The van der Waals surface area contributed by atoms with E-state index in [2.05, 4.69) is 21.7 Å². The number of aliphatic hydroxyl groups excluding tert-OH is 1. The molecule has 1 saturated heterocycles. The predicted molar refractivity (Wildman–Crippen MR) is 125 cm³/mol. The molecular weight excluding hydrogens is 485 g/mol. The molecule has 2 aliphatic rings. The molecule has 0 radical (unpaired) electrons. The highest BCUT2D eigenvalue weighted by Gasteiger charge is 2.34. The summed E-state index contributed by atoms with van der Waals surface area (Å²) in [5.74, 6) is -0.277. The number of aryl methyl sites for hydroxylation is 1. The molecule has 2 aromatic heterocycles. The van der Waals surface area contributed by atoms with Crippen LogP contribution in [0.4, 0.5) is 19.0 Å². The zero-order valence-electron chi connectivity index (χ0n) is 18.6. The molecule has 0 spiro atoms. The molecule has 35 heavy (non-hydrogen) atoms. The fraction of sp³-hybridized carbons (Fsp3) is 0.304. The molecule has 0 unspecified atom stereocenters. The van der Waals surface area contributed by atoms with Gasteiger partial charge in [0.2, 0.25) is 0 Å². The molecule has 8 nitrogen and oxygen atoms in total. The van der Waals surface area contributed by atoms with Crippen molar-refractivity contribution in [2.45, 2.75) is 19.5 Å². The van der Waals surface area contributed by atoms with Gasteiger partial charge < -0.3 is 14.7 Å². The first-order chi connectivity index (χ1) is 16.8. The molecule has 1 fully saturated rings. The summed E-state index contributed by atoms with van der Waals surface area (Å²) in [6.07, 6.45) is 2.28. The Balaban J connectivity index is 1.93. The number of anilines is 1. The second-order valence-electron chi connectivity index (χ2n) is 7.75. The van der Waals surface area contributed by atoms with Crippen molar-refractivity contribution in [3.8, 4) is 6.07 Å². The third kappa shape index (κ3) is 4.60. The zero-order chi connectivity index (χ0) is 25.3. The van der Waals surface area contributed by atoms with E-state index in [1.807, 2.05) is 4.90 Å². The maximum absolute atomic E-state index is 14.3. The highest BCUT2D eigenvalue weighted by atomic mass is 35.5. The molecule has 0 saturated carbocycles. The molecule has 3 heterocycles. The SMILES string of the molecule is C=CN=C1C=C(Cl)C(F)=C/C1=C\c1c(C)nc2c(C#N)c(C(F)F)nn2c1N1CC(OCCO)C1. The van der Waals surface area contributed by atoms with E-state index in [1.54, 1.807) is 19.1 Å². The highest BCUT2D eigenvalue weighted by Crippen LogP contribution is 2.35. The average Bonchev–Trinajstić information content (AvgIpc) is 3.16. The number of aliphatic hydroxyl groups is 1. The number of aliphatic imine (C=N–C) groups is 1. The smallest absolute Gasteiger partial charge is 0.283 e. The number of aromatic nitrogens is 3. The number of hydrogen-bond donors (Lipinski definition) is 1. The van der Waals surface area contributed by atoms with Crippen molar-refractivity contribution in [1.82, 2.24) is 14.6 Å². The van der Waals surface area contributed by atoms with Crippen molar-refractivity contribution in [3.05, 3.63) is 63.9 Å². The van der Waals surface area contributed by atoms with Crippen molar-refractivity contribution in [2.75, 3.05) is 31.2 Å². The summed E-state index contributed by atoms with van der Waals surface area (Å²) in [5, 5.41) is 22.4. The van der Waals surface area contributed by atoms with Gasteiger partial charge in [-0.3, -0.25) is 4.99 Å². The third-order valence-corrected chi connectivity index (χ3v) is 5.79. The first-order valence-corrected chi connectivity index (χ1v) is 10.9. The molecule has 0 aromatic carbocycles. The van der Waals surface area contributed by atoms with Crippen LogP contribution in [0, 0.1) is 18.3 Å². The number of halogens is 4. The van der Waals surface area contributed by atoms with Crippen molar-refractivity contribution >= 4 is 34.9 Å². The minimum absolute atomic E-state index is 0.00883. The topological polar surface area (TPSA) is 99.0 Å². The van der Waals surface area contributed by atoms with Crippen LogP contribution >= 0.6 is 11.6 Å². The van der Waals surface area contributed by atoms with Crippen LogP contribution in [-0.2, 0) is 4.74 Å². The molecule has 12 heteroatoms. The Hall–Kier alpha value is -3.46. The van der Waals surface area contributed by atoms with E-state index in [4.69, 9.17) is 21.4 Å². The second kappa shape index (κ2) is 10.0. The van der Waals surface area contributed by atoms with E-state index in [0.717, 1.165) is 0 Å². The van der Waals surface area contributed by atoms with Gasteiger partial charge in [-0.2, -0.15) is 14.9 Å². The summed E-state index contributed by atoms with van der Waals surface area (Å²) in [7, 11) is 0. The summed E-state index contributed by atoms with van der Waals surface area (Å²) in [6, 6.07) is 1.78. The van der Waals surface area contributed by atoms with E-state index in [-0.39, 0.29) is 35.6 Å². The molecule has 2 aromatic rings. The van der Waals surface area contributed by atoms with E-state index in [0.29, 0.717) is 41.4 Å². The number of ether oxygens (including phenoxy) is 1. The summed E-state index contributed by atoms with van der Waals surface area (Å²) >= 11 is 5.92. The lowest BCUT2D eigenvalue weighted by Crippen LogP contribution is -2.53. The number of rotatable bonds is 7. The number of nitrogens with zero attached hydrogens (tertiary/aromatic N) is 6. The van der Waals surface area contributed by atoms with Crippen molar-refractivity contribution in [1.29, 1.82) is 5.26 Å². The van der Waals surface area contributed by atoms with Crippen LogP contribution in [0.15, 0.2) is 46.4 Å². The van der Waals surface area contributed by atoms with Crippen molar-refractivity contribution in [3.63, 3.8) is 0 Å². The Morgan fingerprint density at radius 3 is 2.80 bits per heavy atom. The van der Waals surface area contributed by atoms with Gasteiger partial charge in [0.05, 0.1) is 35.8 Å². The van der Waals surface area contributed by atoms with Gasteiger partial charge in [-0.1, -0.05) is 18.2 Å². The number of nitriles is 1. The van der Waals surface area contributed by atoms with Gasteiger partial charge in [-0.25, -0.2) is 18.2 Å². The lowest BCUT2D eigenvalue weighted by Gasteiger charge is -2.41. The van der Waals surface area contributed by atoms with E-state index in [1.165, 1.54) is 22.9 Å². The largest absolute Gasteiger partial charge is 0.394 e. The van der Waals surface area contributed by atoms with E-state index in [9.17, 15) is 18.4 Å². The molecular formula is C23H20ClF3N6O2. The van der Waals surface area contributed by atoms with Gasteiger partial charge in [0.15, 0.2) is 5.65 Å². The first kappa shape index (κ1) is 24.7. The Morgan fingerprint density at radius 1 is 1.43 bits per heavy atom. The molecule has 1 N–H and O–H groups in total. The molecule has 182 valence electrons. The minimum atomic E-state index is -2.98. The van der Waals surface area contributed by atoms with Gasteiger partial charge in [0.25, 0.3) is 6.43 Å². The summed E-state index contributed by atoms with van der Waals surface area (Å²) in [4.78, 5) is 10.4. The van der Waals surface area contributed by atoms with Gasteiger partial charge >= 0.3 is 0 Å². The van der Waals surface area contributed by atoms with Crippen LogP contribution in [0.5, 0.6) is 0 Å². The highest BCUT2D eigenvalue weighted by molar-refractivity contribution is 6.35. The summed E-state index contributed by atoms with van der Waals surface area (Å²) in [6.45, 7) is 6.01. The fourth-order valence-electron chi connectivity index (χ4n) is 3.87. The lowest BCUT2D eigenvalue weighted by molar-refractivity contribution is 0.0131. The van der Waals surface area contributed by atoms with Crippen LogP contribution < -0.4 is 4.90 Å². The van der Waals surface area contributed by atoms with Crippen LogP contribution in [0.1, 0.15) is 28.9 Å². The molecule has 1 aliphatic heterocycles. The lowest BCUT2D eigenvalue weighted by atomic mass is 10.00. The fourth-order valence-corrected chi connectivity index (χ4v) is 4.03. The summed E-state index contributed by atoms with van der Waals surface area (Å²) in [5.41, 5.74) is 0.572.